The molecular weight excluding hydrogens is 327 g/mol. The van der Waals surface area contributed by atoms with E-state index in [-0.39, 0.29) is 0 Å². The van der Waals surface area contributed by atoms with Crippen LogP contribution in [0, 0.1) is 0 Å². The summed E-state index contributed by atoms with van der Waals surface area (Å²) < 4.78 is 45.5. The second-order valence-corrected chi connectivity index (χ2v) is 5.50. The van der Waals surface area contributed by atoms with Crippen molar-refractivity contribution in [1.82, 2.24) is 0 Å². The molecule has 0 fully saturated rings. The van der Waals surface area contributed by atoms with Crippen molar-refractivity contribution in [3.05, 3.63) is 60.0 Å². The van der Waals surface area contributed by atoms with Crippen LogP contribution in [0.2, 0.25) is 0 Å². The lowest BCUT2D eigenvalue weighted by molar-refractivity contribution is 0.368. The number of methoxy groups -OCH3 is 1. The molecule has 2 aromatic carbocycles. The second kappa shape index (κ2) is 7.41. The van der Waals surface area contributed by atoms with Gasteiger partial charge >= 0.3 is 7.25 Å². The fourth-order valence-electron chi connectivity index (χ4n) is 2.08. The molecule has 0 unspecified atom stereocenters. The third-order valence-corrected chi connectivity index (χ3v) is 3.89. The largest absolute Gasteiger partial charge is 0.673 e. The molecule has 0 aliphatic carbocycles. The molecule has 0 radical (unpaired) electrons. The number of hydrogen-bond acceptors (Lipinski definition) is 1. The number of fused-ring (bicyclic) bond motifs is 1. The van der Waals surface area contributed by atoms with E-state index in [1.165, 1.54) is 21.2 Å². The quantitative estimate of drug-likeness (QED) is 0.308. The maximum Gasteiger partial charge on any atom is 0.673 e. The van der Waals surface area contributed by atoms with Crippen LogP contribution < -0.4 is 4.74 Å². The second-order valence-electron chi connectivity index (χ2n) is 4.55. The molecule has 0 spiro atoms. The molecule has 0 saturated carbocycles. The Morgan fingerprint density at radius 1 is 0.870 bits per heavy atom. The van der Waals surface area contributed by atoms with Gasteiger partial charge in [-0.25, -0.2) is 0 Å². The summed E-state index contributed by atoms with van der Waals surface area (Å²) in [5.41, 5.74) is 2.49. The first kappa shape index (κ1) is 17.2. The minimum atomic E-state index is -6.00. The van der Waals surface area contributed by atoms with Gasteiger partial charge in [-0.15, -0.1) is 0 Å². The van der Waals surface area contributed by atoms with Crippen molar-refractivity contribution in [2.75, 3.05) is 7.11 Å². The zero-order chi connectivity index (χ0) is 16.9. The lowest BCUT2D eigenvalue weighted by Crippen LogP contribution is -2.02. The molecule has 0 aliphatic heterocycles. The van der Waals surface area contributed by atoms with Gasteiger partial charge in [-0.3, -0.25) is 0 Å². The van der Waals surface area contributed by atoms with Gasteiger partial charge in [-0.05, 0) is 29.3 Å². The summed E-state index contributed by atoms with van der Waals surface area (Å²) in [6.07, 6.45) is 0. The van der Waals surface area contributed by atoms with Gasteiger partial charge in [0.05, 0.1) is 7.11 Å². The van der Waals surface area contributed by atoms with Crippen molar-refractivity contribution in [1.29, 1.82) is 0 Å². The minimum absolute atomic E-state index is 0.891. The Hall–Kier alpha value is -2.15. The number of rotatable bonds is 2. The van der Waals surface area contributed by atoms with Crippen molar-refractivity contribution in [2.24, 2.45) is 0 Å². The molecule has 23 heavy (non-hydrogen) atoms. The number of hydrogen-bond donors (Lipinski definition) is 0. The maximum atomic E-state index is 9.75. The molecule has 0 N–H and O–H groups in total. The van der Waals surface area contributed by atoms with Crippen LogP contribution in [0.15, 0.2) is 60.0 Å². The first-order valence-corrected chi connectivity index (χ1v) is 7.58. The predicted octanol–water partition coefficient (Wildman–Crippen LogP) is 6.16. The van der Waals surface area contributed by atoms with Crippen LogP contribution in [-0.2, 0) is 0 Å². The Balaban J connectivity index is 0.000000338. The highest BCUT2D eigenvalue weighted by Crippen LogP contribution is 2.31. The lowest BCUT2D eigenvalue weighted by Gasteiger charge is -2.04. The number of halogens is 4. The van der Waals surface area contributed by atoms with Crippen LogP contribution in [0.5, 0.6) is 5.75 Å². The molecule has 0 aliphatic rings. The fourth-order valence-corrected chi connectivity index (χ4v) is 2.89. The Bertz CT molecular complexity index is 764. The van der Waals surface area contributed by atoms with E-state index in [1.54, 1.807) is 18.4 Å². The first-order chi connectivity index (χ1) is 10.9. The highest BCUT2D eigenvalue weighted by atomic mass is 32.1. The van der Waals surface area contributed by atoms with Gasteiger partial charge in [0, 0.05) is 17.5 Å². The lowest BCUT2D eigenvalue weighted by atomic mass is 10.0. The Morgan fingerprint density at radius 3 is 2.09 bits per heavy atom. The highest BCUT2D eigenvalue weighted by molar-refractivity contribution is 7.16. The third-order valence-electron chi connectivity index (χ3n) is 3.01. The summed E-state index contributed by atoms with van der Waals surface area (Å²) in [5, 5.41) is 3.44. The molecule has 3 aromatic rings. The fraction of sp³-hybridized carbons (Fsp3) is 0.0625. The van der Waals surface area contributed by atoms with E-state index in [0.29, 0.717) is 0 Å². The average molecular weight is 340 g/mol. The monoisotopic (exact) mass is 340 g/mol. The standard InChI is InChI=1S/C16H13OS.BF4/c1-17-13-8-6-12(7-9-13)14-10-11-18-16-5-3-2-4-15(14)16;2-1(3,4)5/h2-11H,1H3;/q+1;-1. The molecule has 1 heterocycles. The van der Waals surface area contributed by atoms with Crippen molar-refractivity contribution >= 4 is 28.7 Å². The molecule has 0 saturated heterocycles. The van der Waals surface area contributed by atoms with Gasteiger partial charge in [-0.1, -0.05) is 24.3 Å². The summed E-state index contributed by atoms with van der Waals surface area (Å²) in [4.78, 5) is 0. The summed E-state index contributed by atoms with van der Waals surface area (Å²) in [7, 11) is -4.31. The number of benzene rings is 2. The van der Waals surface area contributed by atoms with Crippen molar-refractivity contribution < 1.29 is 22.0 Å². The van der Waals surface area contributed by atoms with Crippen molar-refractivity contribution in [3.63, 3.8) is 0 Å². The van der Waals surface area contributed by atoms with E-state index >= 15 is 0 Å². The van der Waals surface area contributed by atoms with Crippen LogP contribution in [-0.4, -0.2) is 14.4 Å². The van der Waals surface area contributed by atoms with E-state index in [9.17, 15) is 17.3 Å². The van der Waals surface area contributed by atoms with Crippen molar-refractivity contribution in [2.45, 2.75) is 0 Å². The van der Waals surface area contributed by atoms with Gasteiger partial charge in [-0.2, -0.15) is 0 Å². The van der Waals surface area contributed by atoms with Crippen LogP contribution in [0.3, 0.4) is 0 Å². The molecule has 0 atom stereocenters. The van der Waals surface area contributed by atoms with Crippen LogP contribution in [0.25, 0.3) is 21.2 Å². The first-order valence-electron chi connectivity index (χ1n) is 6.70. The normalized spacial score (nSPS) is 10.8. The van der Waals surface area contributed by atoms with E-state index in [0.717, 1.165) is 5.75 Å². The average Bonchev–Trinajstić information content (AvgIpc) is 2.53. The third kappa shape index (κ3) is 5.21. The Morgan fingerprint density at radius 2 is 1.48 bits per heavy atom. The highest BCUT2D eigenvalue weighted by Gasteiger charge is 2.20. The van der Waals surface area contributed by atoms with Crippen LogP contribution in [0.1, 0.15) is 0 Å². The van der Waals surface area contributed by atoms with Gasteiger partial charge in [0.1, 0.15) is 5.75 Å². The summed E-state index contributed by atoms with van der Waals surface area (Å²) in [6, 6.07) is 18.9. The molecule has 1 nitrogen and oxygen atoms in total. The van der Waals surface area contributed by atoms with Gasteiger partial charge in [0.15, 0.2) is 5.38 Å². The van der Waals surface area contributed by atoms with E-state index in [4.69, 9.17) is 4.74 Å². The molecular formula is C16H13BF4OS. The Kier molecular flexibility index (Phi) is 5.55. The van der Waals surface area contributed by atoms with Gasteiger partial charge in [0.2, 0.25) is 16.0 Å². The van der Waals surface area contributed by atoms with Crippen LogP contribution >= 0.6 is 11.3 Å². The molecule has 120 valence electrons. The Labute approximate surface area is 135 Å². The zero-order valence-corrected chi connectivity index (χ0v) is 13.0. The molecule has 0 bridgehead atoms. The van der Waals surface area contributed by atoms with E-state index in [1.807, 2.05) is 12.1 Å². The maximum absolute atomic E-state index is 9.75. The summed E-state index contributed by atoms with van der Waals surface area (Å²) in [6.45, 7) is 0. The SMILES string of the molecule is COc1ccc(-c2cc[s+]c3ccccc23)cc1.F[B-](F)(F)F. The smallest absolute Gasteiger partial charge is 0.497 e. The topological polar surface area (TPSA) is 9.23 Å². The molecule has 1 aromatic heterocycles. The predicted molar refractivity (Wildman–Crippen MR) is 88.4 cm³/mol. The minimum Gasteiger partial charge on any atom is -0.497 e. The van der Waals surface area contributed by atoms with Crippen LogP contribution in [0.4, 0.5) is 17.3 Å². The van der Waals surface area contributed by atoms with E-state index in [2.05, 4.69) is 47.8 Å². The molecule has 0 amide bonds. The van der Waals surface area contributed by atoms with E-state index < -0.39 is 7.25 Å². The van der Waals surface area contributed by atoms with Gasteiger partial charge in [0.25, 0.3) is 0 Å². The summed E-state index contributed by atoms with van der Waals surface area (Å²) >= 11 is 1.77. The zero-order valence-electron chi connectivity index (χ0n) is 12.2. The number of ether oxygens (including phenoxy) is 1. The van der Waals surface area contributed by atoms with Gasteiger partial charge < -0.3 is 22.0 Å². The summed E-state index contributed by atoms with van der Waals surface area (Å²) in [5.74, 6) is 0.891. The van der Waals surface area contributed by atoms with Crippen molar-refractivity contribution in [3.8, 4) is 16.9 Å². The molecule has 7 heteroatoms. The molecule has 3 rings (SSSR count).